The summed E-state index contributed by atoms with van der Waals surface area (Å²) in [7, 11) is 1.52. The molecule has 156 valence electrons. The molecule has 0 saturated carbocycles. The summed E-state index contributed by atoms with van der Waals surface area (Å²) < 4.78 is 18.6. The van der Waals surface area contributed by atoms with Gasteiger partial charge in [0.05, 0.1) is 28.5 Å². The van der Waals surface area contributed by atoms with Gasteiger partial charge in [0.1, 0.15) is 5.82 Å². The zero-order valence-corrected chi connectivity index (χ0v) is 17.5. The molecular weight excluding hydrogens is 432 g/mol. The summed E-state index contributed by atoms with van der Waals surface area (Å²) in [6, 6.07) is 10.7. The quantitative estimate of drug-likeness (QED) is 0.560. The Kier molecular flexibility index (Phi) is 7.07. The van der Waals surface area contributed by atoms with Gasteiger partial charge in [0, 0.05) is 25.5 Å². The molecule has 2 aromatic carbocycles. The van der Waals surface area contributed by atoms with Crippen molar-refractivity contribution in [3.8, 4) is 11.3 Å². The Bertz CT molecular complexity index is 1030. The van der Waals surface area contributed by atoms with Crippen LogP contribution in [-0.2, 0) is 16.0 Å². The van der Waals surface area contributed by atoms with Crippen molar-refractivity contribution in [2.45, 2.75) is 12.8 Å². The molecule has 1 N–H and O–H groups in total. The third-order valence-corrected chi connectivity index (χ3v) is 4.90. The first-order chi connectivity index (χ1) is 14.3. The number of carbonyl (C=O) groups excluding carboxylic acids is 2. The predicted octanol–water partition coefficient (Wildman–Crippen LogP) is 4.82. The maximum absolute atomic E-state index is 13.0. The van der Waals surface area contributed by atoms with Crippen molar-refractivity contribution in [1.29, 1.82) is 0 Å². The molecule has 6 nitrogen and oxygen atoms in total. The van der Waals surface area contributed by atoms with Crippen LogP contribution in [-0.4, -0.2) is 35.3 Å². The summed E-state index contributed by atoms with van der Waals surface area (Å²) in [5.41, 5.74) is 0.994. The number of para-hydroxylation sites is 1. The van der Waals surface area contributed by atoms with Gasteiger partial charge in [0.25, 0.3) is 0 Å². The Hall–Kier alpha value is -2.90. The molecule has 0 unspecified atom stereocenters. The van der Waals surface area contributed by atoms with E-state index in [-0.39, 0.29) is 31.1 Å². The monoisotopic (exact) mass is 449 g/mol. The molecule has 0 radical (unpaired) electrons. The zero-order chi connectivity index (χ0) is 21.7. The van der Waals surface area contributed by atoms with Crippen LogP contribution in [0.3, 0.4) is 0 Å². The van der Waals surface area contributed by atoms with Crippen LogP contribution in [0.2, 0.25) is 10.0 Å². The van der Waals surface area contributed by atoms with Crippen molar-refractivity contribution >= 4 is 40.7 Å². The van der Waals surface area contributed by atoms with Crippen LogP contribution >= 0.6 is 23.2 Å². The van der Waals surface area contributed by atoms with E-state index in [0.29, 0.717) is 32.9 Å². The molecule has 1 aromatic heterocycles. The number of likely N-dealkylation sites (N-methyl/N-ethyl adjacent to an activating group) is 1. The molecule has 2 amide bonds. The summed E-state index contributed by atoms with van der Waals surface area (Å²) in [5, 5.41) is 3.23. The van der Waals surface area contributed by atoms with Crippen molar-refractivity contribution in [2.24, 2.45) is 0 Å². The first kappa shape index (κ1) is 21.8. The summed E-state index contributed by atoms with van der Waals surface area (Å²) in [6.07, 6.45) is 1.90. The zero-order valence-electron chi connectivity index (χ0n) is 16.0. The van der Waals surface area contributed by atoms with Crippen LogP contribution < -0.4 is 5.32 Å². The first-order valence-electron chi connectivity index (χ1n) is 9.02. The number of nitrogens with one attached hydrogen (secondary N) is 1. The molecule has 9 heteroatoms. The lowest BCUT2D eigenvalue weighted by Crippen LogP contribution is -2.35. The molecule has 0 aliphatic carbocycles. The highest BCUT2D eigenvalue weighted by Gasteiger charge is 2.16. The maximum Gasteiger partial charge on any atom is 0.244 e. The largest absolute Gasteiger partial charge is 0.441 e. The number of amides is 2. The minimum absolute atomic E-state index is 0.111. The van der Waals surface area contributed by atoms with Crippen molar-refractivity contribution in [3.63, 3.8) is 0 Å². The lowest BCUT2D eigenvalue weighted by molar-refractivity contribution is -0.133. The van der Waals surface area contributed by atoms with Gasteiger partial charge in [-0.15, -0.1) is 0 Å². The molecule has 3 rings (SSSR count). The number of anilines is 1. The molecular formula is C21H18Cl2FN3O3. The minimum Gasteiger partial charge on any atom is -0.441 e. The molecule has 0 spiro atoms. The van der Waals surface area contributed by atoms with Crippen LogP contribution in [0.15, 0.2) is 53.1 Å². The molecule has 0 aliphatic rings. The van der Waals surface area contributed by atoms with Crippen LogP contribution in [0.1, 0.15) is 12.3 Å². The topological polar surface area (TPSA) is 75.4 Å². The Morgan fingerprint density at radius 3 is 2.47 bits per heavy atom. The highest BCUT2D eigenvalue weighted by Crippen LogP contribution is 2.29. The number of benzene rings is 2. The Balaban J connectivity index is 1.51. The fourth-order valence-corrected chi connectivity index (χ4v) is 3.17. The number of nitrogens with zero attached hydrogens (tertiary/aromatic N) is 2. The van der Waals surface area contributed by atoms with Gasteiger partial charge >= 0.3 is 0 Å². The van der Waals surface area contributed by atoms with E-state index >= 15 is 0 Å². The molecule has 0 fully saturated rings. The number of aromatic nitrogens is 1. The van der Waals surface area contributed by atoms with Crippen molar-refractivity contribution < 1.29 is 18.4 Å². The van der Waals surface area contributed by atoms with Crippen LogP contribution in [0.4, 0.5) is 10.1 Å². The fraction of sp³-hybridized carbons (Fsp3) is 0.190. The smallest absolute Gasteiger partial charge is 0.244 e. The van der Waals surface area contributed by atoms with Gasteiger partial charge in [-0.05, 0) is 36.4 Å². The molecule has 0 saturated heterocycles. The van der Waals surface area contributed by atoms with E-state index in [1.54, 1.807) is 30.3 Å². The highest BCUT2D eigenvalue weighted by molar-refractivity contribution is 6.39. The van der Waals surface area contributed by atoms with Crippen molar-refractivity contribution in [1.82, 2.24) is 9.88 Å². The van der Waals surface area contributed by atoms with Crippen LogP contribution in [0.25, 0.3) is 11.3 Å². The third-order valence-electron chi connectivity index (χ3n) is 4.27. The number of halogens is 3. The average Bonchev–Trinajstić information content (AvgIpc) is 3.18. The Morgan fingerprint density at radius 2 is 1.80 bits per heavy atom. The minimum atomic E-state index is -0.421. The molecule has 1 heterocycles. The molecule has 0 atom stereocenters. The van der Waals surface area contributed by atoms with E-state index in [2.05, 4.69) is 10.3 Å². The Morgan fingerprint density at radius 1 is 1.13 bits per heavy atom. The predicted molar refractivity (Wildman–Crippen MR) is 113 cm³/mol. The molecule has 30 heavy (non-hydrogen) atoms. The van der Waals surface area contributed by atoms with Crippen LogP contribution in [0, 0.1) is 5.82 Å². The molecule has 0 bridgehead atoms. The fourth-order valence-electron chi connectivity index (χ4n) is 2.68. The summed E-state index contributed by atoms with van der Waals surface area (Å²) in [5.74, 6) is -0.148. The normalized spacial score (nSPS) is 10.7. The summed E-state index contributed by atoms with van der Waals surface area (Å²) in [6.45, 7) is -0.160. The number of hydrogen-bond acceptors (Lipinski definition) is 4. The highest BCUT2D eigenvalue weighted by atomic mass is 35.5. The Labute approximate surface area is 182 Å². The second-order valence-corrected chi connectivity index (χ2v) is 7.33. The maximum atomic E-state index is 13.0. The van der Waals surface area contributed by atoms with Crippen LogP contribution in [0.5, 0.6) is 0 Å². The first-order valence-corrected chi connectivity index (χ1v) is 9.77. The van der Waals surface area contributed by atoms with E-state index in [1.807, 2.05) is 0 Å². The van der Waals surface area contributed by atoms with Gasteiger partial charge in [-0.3, -0.25) is 9.59 Å². The van der Waals surface area contributed by atoms with Gasteiger partial charge in [-0.1, -0.05) is 29.3 Å². The standard InChI is InChI=1S/C21H18Cl2FN3O3/c1-27(12-18(28)26-21-15(22)3-2-4-16(21)23)20(29)10-9-19-25-11-17(30-19)13-5-7-14(24)8-6-13/h2-8,11H,9-10,12H2,1H3,(H,26,28). The average molecular weight is 450 g/mol. The molecule has 3 aromatic rings. The van der Waals surface area contributed by atoms with Crippen molar-refractivity contribution in [2.75, 3.05) is 18.9 Å². The van der Waals surface area contributed by atoms with E-state index in [0.717, 1.165) is 0 Å². The lowest BCUT2D eigenvalue weighted by Gasteiger charge is -2.17. The number of rotatable bonds is 7. The van der Waals surface area contributed by atoms with Gasteiger partial charge in [0.15, 0.2) is 11.7 Å². The van der Waals surface area contributed by atoms with E-state index in [9.17, 15) is 14.0 Å². The second kappa shape index (κ2) is 9.73. The van der Waals surface area contributed by atoms with E-state index < -0.39 is 5.91 Å². The van der Waals surface area contributed by atoms with E-state index in [4.69, 9.17) is 27.6 Å². The summed E-state index contributed by atoms with van der Waals surface area (Å²) in [4.78, 5) is 30.0. The third kappa shape index (κ3) is 5.58. The van der Waals surface area contributed by atoms with Gasteiger partial charge < -0.3 is 14.6 Å². The lowest BCUT2D eigenvalue weighted by atomic mass is 10.2. The number of oxazole rings is 1. The van der Waals surface area contributed by atoms with Gasteiger partial charge in [-0.2, -0.15) is 0 Å². The SMILES string of the molecule is CN(CC(=O)Nc1c(Cl)cccc1Cl)C(=O)CCc1ncc(-c2ccc(F)cc2)o1. The van der Waals surface area contributed by atoms with Crippen molar-refractivity contribution in [3.05, 3.63) is 70.4 Å². The number of carbonyl (C=O) groups is 2. The number of hydrogen-bond donors (Lipinski definition) is 1. The van der Waals surface area contributed by atoms with Gasteiger partial charge in [0.2, 0.25) is 11.8 Å². The number of aryl methyl sites for hydroxylation is 1. The summed E-state index contributed by atoms with van der Waals surface area (Å²) >= 11 is 12.1. The van der Waals surface area contributed by atoms with E-state index in [1.165, 1.54) is 30.3 Å². The second-order valence-electron chi connectivity index (χ2n) is 6.52. The van der Waals surface area contributed by atoms with Gasteiger partial charge in [-0.25, -0.2) is 9.37 Å². The molecule has 0 aliphatic heterocycles.